The summed E-state index contributed by atoms with van der Waals surface area (Å²) in [6, 6.07) is 15.8. The van der Waals surface area contributed by atoms with E-state index in [9.17, 15) is 5.11 Å². The van der Waals surface area contributed by atoms with Crippen molar-refractivity contribution in [2.45, 2.75) is 26.6 Å². The van der Waals surface area contributed by atoms with Crippen LogP contribution in [0.15, 0.2) is 48.5 Å². The van der Waals surface area contributed by atoms with Gasteiger partial charge >= 0.3 is 0 Å². The maximum atomic E-state index is 9.51. The summed E-state index contributed by atoms with van der Waals surface area (Å²) in [5, 5.41) is 9.51. The molecule has 0 saturated carbocycles. The molecule has 1 unspecified atom stereocenters. The molecule has 0 aromatic heterocycles. The number of aliphatic hydroxyl groups excluding tert-OH is 1. The molecule has 2 aromatic rings. The molecular formula is C16H18O2. The summed E-state index contributed by atoms with van der Waals surface area (Å²) in [6.07, 6.45) is -0.465. The third-order valence-electron chi connectivity index (χ3n) is 2.87. The van der Waals surface area contributed by atoms with Crippen molar-refractivity contribution < 1.29 is 9.84 Å². The minimum atomic E-state index is -0.465. The Balaban J connectivity index is 2.01. The SMILES string of the molecule is Cc1ccc(COc2cccc(C(C)O)c2)cc1. The molecule has 2 heteroatoms. The molecule has 0 aliphatic carbocycles. The van der Waals surface area contributed by atoms with Gasteiger partial charge in [0.1, 0.15) is 12.4 Å². The Labute approximate surface area is 108 Å². The average molecular weight is 242 g/mol. The quantitative estimate of drug-likeness (QED) is 0.887. The lowest BCUT2D eigenvalue weighted by Crippen LogP contribution is -1.97. The number of hydrogen-bond acceptors (Lipinski definition) is 2. The third kappa shape index (κ3) is 3.34. The molecule has 2 rings (SSSR count). The van der Waals surface area contributed by atoms with Crippen molar-refractivity contribution in [3.05, 3.63) is 65.2 Å². The van der Waals surface area contributed by atoms with E-state index in [1.165, 1.54) is 5.56 Å². The highest BCUT2D eigenvalue weighted by Crippen LogP contribution is 2.19. The molecule has 0 heterocycles. The highest BCUT2D eigenvalue weighted by atomic mass is 16.5. The Hall–Kier alpha value is -1.80. The Kier molecular flexibility index (Phi) is 4.00. The summed E-state index contributed by atoms with van der Waals surface area (Å²) in [6.45, 7) is 4.36. The largest absolute Gasteiger partial charge is 0.489 e. The molecule has 18 heavy (non-hydrogen) atoms. The Morgan fingerprint density at radius 1 is 1.11 bits per heavy atom. The number of benzene rings is 2. The molecule has 0 fully saturated rings. The minimum Gasteiger partial charge on any atom is -0.489 e. The molecule has 2 nitrogen and oxygen atoms in total. The number of hydrogen-bond donors (Lipinski definition) is 1. The Morgan fingerprint density at radius 3 is 2.50 bits per heavy atom. The molecule has 94 valence electrons. The summed E-state index contributed by atoms with van der Waals surface area (Å²) in [5.74, 6) is 0.786. The first kappa shape index (κ1) is 12.7. The van der Waals surface area contributed by atoms with Crippen LogP contribution in [-0.2, 0) is 6.61 Å². The van der Waals surface area contributed by atoms with E-state index in [4.69, 9.17) is 4.74 Å². The van der Waals surface area contributed by atoms with Gasteiger partial charge in [-0.25, -0.2) is 0 Å². The van der Waals surface area contributed by atoms with Crippen molar-refractivity contribution in [1.29, 1.82) is 0 Å². The van der Waals surface area contributed by atoms with Crippen molar-refractivity contribution in [1.82, 2.24) is 0 Å². The number of rotatable bonds is 4. The van der Waals surface area contributed by atoms with Gasteiger partial charge < -0.3 is 9.84 Å². The van der Waals surface area contributed by atoms with Gasteiger partial charge in [0.2, 0.25) is 0 Å². The Morgan fingerprint density at radius 2 is 1.83 bits per heavy atom. The van der Waals surface area contributed by atoms with Gasteiger partial charge in [-0.2, -0.15) is 0 Å². The highest BCUT2D eigenvalue weighted by molar-refractivity contribution is 5.30. The standard InChI is InChI=1S/C16H18O2/c1-12-6-8-14(9-7-12)11-18-16-5-3-4-15(10-16)13(2)17/h3-10,13,17H,11H2,1-2H3. The van der Waals surface area contributed by atoms with Crippen LogP contribution in [0.5, 0.6) is 5.75 Å². The number of aryl methyl sites for hydroxylation is 1. The maximum Gasteiger partial charge on any atom is 0.120 e. The summed E-state index contributed by atoms with van der Waals surface area (Å²) in [4.78, 5) is 0. The van der Waals surface area contributed by atoms with Crippen LogP contribution in [0, 0.1) is 6.92 Å². The van der Waals surface area contributed by atoms with E-state index in [1.807, 2.05) is 24.3 Å². The highest BCUT2D eigenvalue weighted by Gasteiger charge is 2.02. The van der Waals surface area contributed by atoms with E-state index in [2.05, 4.69) is 31.2 Å². The number of aliphatic hydroxyl groups is 1. The van der Waals surface area contributed by atoms with Crippen LogP contribution in [0.3, 0.4) is 0 Å². The van der Waals surface area contributed by atoms with Gasteiger partial charge in [-0.15, -0.1) is 0 Å². The van der Waals surface area contributed by atoms with E-state index < -0.39 is 6.10 Å². The molecule has 0 spiro atoms. The second-order valence-corrected chi connectivity index (χ2v) is 4.52. The first-order valence-corrected chi connectivity index (χ1v) is 6.11. The second-order valence-electron chi connectivity index (χ2n) is 4.52. The summed E-state index contributed by atoms with van der Waals surface area (Å²) < 4.78 is 5.71. The van der Waals surface area contributed by atoms with E-state index in [0.717, 1.165) is 16.9 Å². The predicted molar refractivity (Wildman–Crippen MR) is 72.6 cm³/mol. The van der Waals surface area contributed by atoms with Crippen molar-refractivity contribution in [3.63, 3.8) is 0 Å². The molecule has 0 bridgehead atoms. The summed E-state index contributed by atoms with van der Waals surface area (Å²) >= 11 is 0. The number of ether oxygens (including phenoxy) is 1. The van der Waals surface area contributed by atoms with Crippen LogP contribution < -0.4 is 4.74 Å². The molecule has 2 aromatic carbocycles. The van der Waals surface area contributed by atoms with E-state index in [0.29, 0.717) is 6.61 Å². The zero-order chi connectivity index (χ0) is 13.0. The van der Waals surface area contributed by atoms with Crippen LogP contribution in [0.4, 0.5) is 0 Å². The van der Waals surface area contributed by atoms with Crippen LogP contribution in [0.25, 0.3) is 0 Å². The average Bonchev–Trinajstić information content (AvgIpc) is 2.38. The zero-order valence-electron chi connectivity index (χ0n) is 10.8. The van der Waals surface area contributed by atoms with Crippen molar-refractivity contribution in [3.8, 4) is 5.75 Å². The van der Waals surface area contributed by atoms with E-state index >= 15 is 0 Å². The second kappa shape index (κ2) is 5.69. The van der Waals surface area contributed by atoms with Gasteiger partial charge in [-0.1, -0.05) is 42.0 Å². The lowest BCUT2D eigenvalue weighted by molar-refractivity contribution is 0.198. The molecule has 0 aliphatic heterocycles. The Bertz CT molecular complexity index is 501. The van der Waals surface area contributed by atoms with E-state index in [-0.39, 0.29) is 0 Å². The smallest absolute Gasteiger partial charge is 0.120 e. The fourth-order valence-corrected chi connectivity index (χ4v) is 1.72. The fraction of sp³-hybridized carbons (Fsp3) is 0.250. The van der Waals surface area contributed by atoms with Crippen LogP contribution in [0.2, 0.25) is 0 Å². The van der Waals surface area contributed by atoms with Gasteiger partial charge in [-0.05, 0) is 37.1 Å². The predicted octanol–water partition coefficient (Wildman–Crippen LogP) is 3.63. The van der Waals surface area contributed by atoms with Crippen LogP contribution in [0.1, 0.15) is 29.7 Å². The van der Waals surface area contributed by atoms with Gasteiger partial charge in [0.25, 0.3) is 0 Å². The summed E-state index contributed by atoms with van der Waals surface area (Å²) in [5.41, 5.74) is 3.26. The minimum absolute atomic E-state index is 0.465. The van der Waals surface area contributed by atoms with Gasteiger partial charge in [0.15, 0.2) is 0 Å². The molecule has 1 atom stereocenters. The van der Waals surface area contributed by atoms with E-state index in [1.54, 1.807) is 6.92 Å². The molecule has 0 radical (unpaired) electrons. The molecule has 0 aliphatic rings. The normalized spacial score (nSPS) is 12.2. The summed E-state index contributed by atoms with van der Waals surface area (Å²) in [7, 11) is 0. The topological polar surface area (TPSA) is 29.5 Å². The molecule has 1 N–H and O–H groups in total. The molecular weight excluding hydrogens is 224 g/mol. The monoisotopic (exact) mass is 242 g/mol. The first-order valence-electron chi connectivity index (χ1n) is 6.11. The molecule has 0 saturated heterocycles. The zero-order valence-corrected chi connectivity index (χ0v) is 10.8. The molecule has 0 amide bonds. The van der Waals surface area contributed by atoms with Crippen LogP contribution in [-0.4, -0.2) is 5.11 Å². The van der Waals surface area contributed by atoms with Crippen molar-refractivity contribution >= 4 is 0 Å². The van der Waals surface area contributed by atoms with Crippen molar-refractivity contribution in [2.75, 3.05) is 0 Å². The first-order chi connectivity index (χ1) is 8.65. The van der Waals surface area contributed by atoms with Crippen LogP contribution >= 0.6 is 0 Å². The third-order valence-corrected chi connectivity index (χ3v) is 2.87. The maximum absolute atomic E-state index is 9.51. The van der Waals surface area contributed by atoms with Gasteiger partial charge in [0, 0.05) is 0 Å². The lowest BCUT2D eigenvalue weighted by atomic mass is 10.1. The van der Waals surface area contributed by atoms with Crippen molar-refractivity contribution in [2.24, 2.45) is 0 Å². The van der Waals surface area contributed by atoms with Gasteiger partial charge in [-0.3, -0.25) is 0 Å². The van der Waals surface area contributed by atoms with Gasteiger partial charge in [0.05, 0.1) is 6.10 Å². The fourth-order valence-electron chi connectivity index (χ4n) is 1.72. The lowest BCUT2D eigenvalue weighted by Gasteiger charge is -2.09.